The van der Waals surface area contributed by atoms with E-state index in [1.807, 2.05) is 17.0 Å². The number of unbranched alkanes of at least 4 members (excludes halogenated alkanes) is 5. The van der Waals surface area contributed by atoms with E-state index in [4.69, 9.17) is 14.2 Å². The average molecular weight is 532 g/mol. The lowest BCUT2D eigenvalue weighted by Crippen LogP contribution is -2.31. The summed E-state index contributed by atoms with van der Waals surface area (Å²) in [6.45, 7) is 6.13. The van der Waals surface area contributed by atoms with Crippen molar-refractivity contribution in [3.8, 4) is 17.2 Å². The largest absolute Gasteiger partial charge is 0.497 e. The Morgan fingerprint density at radius 2 is 1.26 bits per heavy atom. The van der Waals surface area contributed by atoms with E-state index in [2.05, 4.69) is 13.8 Å². The maximum absolute atomic E-state index is 13.2. The van der Waals surface area contributed by atoms with E-state index in [9.17, 15) is 9.59 Å². The van der Waals surface area contributed by atoms with Crippen molar-refractivity contribution < 1.29 is 23.8 Å². The summed E-state index contributed by atoms with van der Waals surface area (Å²) in [4.78, 5) is 27.6. The van der Waals surface area contributed by atoms with Crippen molar-refractivity contribution in [1.82, 2.24) is 4.90 Å². The third-order valence-corrected chi connectivity index (χ3v) is 6.52. The fourth-order valence-electron chi connectivity index (χ4n) is 4.15. The van der Waals surface area contributed by atoms with Gasteiger partial charge in [-0.2, -0.15) is 0 Å². The highest BCUT2D eigenvalue weighted by Crippen LogP contribution is 2.20. The molecule has 3 aromatic carbocycles. The first-order valence-electron chi connectivity index (χ1n) is 14.0. The molecule has 0 atom stereocenters. The summed E-state index contributed by atoms with van der Waals surface area (Å²) in [6.07, 6.45) is 7.85. The fraction of sp³-hybridized carbons (Fsp3) is 0.394. The zero-order valence-electron chi connectivity index (χ0n) is 23.5. The van der Waals surface area contributed by atoms with E-state index in [1.54, 1.807) is 67.8 Å². The van der Waals surface area contributed by atoms with Crippen molar-refractivity contribution in [3.05, 3.63) is 89.5 Å². The molecule has 0 aliphatic rings. The van der Waals surface area contributed by atoms with Crippen molar-refractivity contribution in [2.45, 2.75) is 65.3 Å². The van der Waals surface area contributed by atoms with E-state index < -0.39 is 5.97 Å². The third-order valence-electron chi connectivity index (χ3n) is 6.52. The molecule has 39 heavy (non-hydrogen) atoms. The molecule has 0 saturated carbocycles. The van der Waals surface area contributed by atoms with Gasteiger partial charge in [-0.3, -0.25) is 4.79 Å². The first kappa shape index (κ1) is 29.8. The SMILES string of the molecule is CCCCCCCOc1ccc(C(=O)Oc2ccc(CN(CCCC)C(=O)c3ccc(OC)cc3)cc2)cc1. The zero-order valence-corrected chi connectivity index (χ0v) is 23.5. The Kier molecular flexibility index (Phi) is 12.4. The molecular weight excluding hydrogens is 490 g/mol. The molecule has 0 N–H and O–H groups in total. The number of carbonyl (C=O) groups excluding carboxylic acids is 2. The van der Waals surface area contributed by atoms with Crippen LogP contribution in [0.5, 0.6) is 17.2 Å². The molecule has 0 fully saturated rings. The first-order chi connectivity index (χ1) is 19.0. The Hall–Kier alpha value is -3.80. The number of ether oxygens (including phenoxy) is 3. The van der Waals surface area contributed by atoms with Crippen LogP contribution in [-0.2, 0) is 6.54 Å². The highest BCUT2D eigenvalue weighted by atomic mass is 16.5. The van der Waals surface area contributed by atoms with Gasteiger partial charge in [0.05, 0.1) is 19.3 Å². The predicted molar refractivity (Wildman–Crippen MR) is 155 cm³/mol. The summed E-state index contributed by atoms with van der Waals surface area (Å²) in [5.41, 5.74) is 2.05. The maximum atomic E-state index is 13.2. The molecule has 0 heterocycles. The minimum Gasteiger partial charge on any atom is -0.497 e. The van der Waals surface area contributed by atoms with Crippen LogP contribution in [0.4, 0.5) is 0 Å². The molecule has 6 heteroatoms. The fourth-order valence-corrected chi connectivity index (χ4v) is 4.15. The van der Waals surface area contributed by atoms with Gasteiger partial charge in [0.2, 0.25) is 0 Å². The van der Waals surface area contributed by atoms with Crippen LogP contribution < -0.4 is 14.2 Å². The second kappa shape index (κ2) is 16.2. The summed E-state index contributed by atoms with van der Waals surface area (Å²) < 4.78 is 16.5. The molecule has 0 spiro atoms. The van der Waals surface area contributed by atoms with Crippen molar-refractivity contribution in [3.63, 3.8) is 0 Å². The van der Waals surface area contributed by atoms with Gasteiger partial charge in [0.25, 0.3) is 5.91 Å². The smallest absolute Gasteiger partial charge is 0.343 e. The third kappa shape index (κ3) is 9.78. The summed E-state index contributed by atoms with van der Waals surface area (Å²) in [6, 6.07) is 21.5. The van der Waals surface area contributed by atoms with Crippen LogP contribution in [0.1, 0.15) is 85.1 Å². The Bertz CT molecular complexity index is 1140. The van der Waals surface area contributed by atoms with Crippen molar-refractivity contribution in [1.29, 1.82) is 0 Å². The molecule has 0 unspecified atom stereocenters. The van der Waals surface area contributed by atoms with Crippen molar-refractivity contribution >= 4 is 11.9 Å². The maximum Gasteiger partial charge on any atom is 0.343 e. The quantitative estimate of drug-likeness (QED) is 0.108. The first-order valence-corrected chi connectivity index (χ1v) is 14.0. The lowest BCUT2D eigenvalue weighted by Gasteiger charge is -2.23. The van der Waals surface area contributed by atoms with E-state index in [0.717, 1.165) is 30.6 Å². The molecule has 3 rings (SSSR count). The number of hydrogen-bond acceptors (Lipinski definition) is 5. The second-order valence-corrected chi connectivity index (χ2v) is 9.63. The molecule has 0 aromatic heterocycles. The summed E-state index contributed by atoms with van der Waals surface area (Å²) in [5, 5.41) is 0. The molecule has 0 aliphatic carbocycles. The van der Waals surface area contributed by atoms with Gasteiger partial charge in [-0.1, -0.05) is 58.1 Å². The van der Waals surface area contributed by atoms with Gasteiger partial charge in [-0.05, 0) is 79.1 Å². The summed E-state index contributed by atoms with van der Waals surface area (Å²) >= 11 is 0. The van der Waals surface area contributed by atoms with Crippen LogP contribution in [0, 0.1) is 0 Å². The minimum absolute atomic E-state index is 0.0227. The number of benzene rings is 3. The van der Waals surface area contributed by atoms with E-state index in [-0.39, 0.29) is 5.91 Å². The number of amides is 1. The Morgan fingerprint density at radius 1 is 0.667 bits per heavy atom. The number of nitrogens with zero attached hydrogens (tertiary/aromatic N) is 1. The number of esters is 1. The number of carbonyl (C=O) groups is 2. The normalized spacial score (nSPS) is 10.6. The Morgan fingerprint density at radius 3 is 1.90 bits per heavy atom. The molecule has 6 nitrogen and oxygen atoms in total. The molecule has 208 valence electrons. The minimum atomic E-state index is -0.423. The molecule has 0 saturated heterocycles. The molecular formula is C33H41NO5. The molecule has 3 aromatic rings. The molecule has 0 aliphatic heterocycles. The average Bonchev–Trinajstić information content (AvgIpc) is 2.98. The van der Waals surface area contributed by atoms with E-state index in [0.29, 0.717) is 42.3 Å². The molecule has 1 amide bonds. The highest BCUT2D eigenvalue weighted by Gasteiger charge is 2.16. The number of hydrogen-bond donors (Lipinski definition) is 0. The van der Waals surface area contributed by atoms with Gasteiger partial charge in [0.15, 0.2) is 0 Å². The highest BCUT2D eigenvalue weighted by molar-refractivity contribution is 5.94. The van der Waals surface area contributed by atoms with Gasteiger partial charge in [-0.25, -0.2) is 4.79 Å². The van der Waals surface area contributed by atoms with Crippen molar-refractivity contribution in [2.75, 3.05) is 20.3 Å². The van der Waals surface area contributed by atoms with Gasteiger partial charge >= 0.3 is 5.97 Å². The van der Waals surface area contributed by atoms with Gasteiger partial charge in [-0.15, -0.1) is 0 Å². The standard InChI is InChI=1S/C33H41NO5/c1-4-6-8-9-10-24-38-30-21-15-28(16-22-30)33(36)39-31-17-11-26(12-18-31)25-34(23-7-5-2)32(35)27-13-19-29(37-3)20-14-27/h11-22H,4-10,23-25H2,1-3H3. The Balaban J connectivity index is 1.53. The van der Waals surface area contributed by atoms with Gasteiger partial charge in [0, 0.05) is 18.7 Å². The Labute approximate surface area is 232 Å². The van der Waals surface area contributed by atoms with Crippen LogP contribution in [-0.4, -0.2) is 37.0 Å². The number of methoxy groups -OCH3 is 1. The van der Waals surface area contributed by atoms with Crippen LogP contribution in [0.2, 0.25) is 0 Å². The second-order valence-electron chi connectivity index (χ2n) is 9.63. The van der Waals surface area contributed by atoms with Gasteiger partial charge in [0.1, 0.15) is 17.2 Å². The lowest BCUT2D eigenvalue weighted by molar-refractivity contribution is 0.0731. The predicted octanol–water partition coefficient (Wildman–Crippen LogP) is 7.71. The van der Waals surface area contributed by atoms with Crippen molar-refractivity contribution in [2.24, 2.45) is 0 Å². The molecule has 0 radical (unpaired) electrons. The lowest BCUT2D eigenvalue weighted by atomic mass is 10.1. The van der Waals surface area contributed by atoms with Crippen LogP contribution in [0.15, 0.2) is 72.8 Å². The van der Waals surface area contributed by atoms with E-state index in [1.165, 1.54) is 25.7 Å². The van der Waals surface area contributed by atoms with Crippen LogP contribution in [0.25, 0.3) is 0 Å². The summed E-state index contributed by atoms with van der Waals surface area (Å²) in [7, 11) is 1.61. The van der Waals surface area contributed by atoms with Gasteiger partial charge < -0.3 is 19.1 Å². The summed E-state index contributed by atoms with van der Waals surface area (Å²) in [5.74, 6) is 1.48. The topological polar surface area (TPSA) is 65.1 Å². The van der Waals surface area contributed by atoms with E-state index >= 15 is 0 Å². The monoisotopic (exact) mass is 531 g/mol. The van der Waals surface area contributed by atoms with Crippen LogP contribution >= 0.6 is 0 Å². The number of rotatable bonds is 16. The van der Waals surface area contributed by atoms with Crippen LogP contribution in [0.3, 0.4) is 0 Å². The molecule has 0 bridgehead atoms. The zero-order chi connectivity index (χ0) is 27.9.